The smallest absolute Gasteiger partial charge is 0.311 e. The molecule has 0 aromatic heterocycles. The van der Waals surface area contributed by atoms with E-state index in [-0.39, 0.29) is 0 Å². The minimum Gasteiger partial charge on any atom is -0.493 e. The summed E-state index contributed by atoms with van der Waals surface area (Å²) in [6.45, 7) is 0.449. The Balaban J connectivity index is 2.33. The van der Waals surface area contributed by atoms with Crippen molar-refractivity contribution < 1.29 is 18.8 Å². The van der Waals surface area contributed by atoms with Crippen molar-refractivity contribution in [1.29, 1.82) is 0 Å². The number of fused-ring (bicyclic) bond motifs is 1. The van der Waals surface area contributed by atoms with Crippen LogP contribution in [0.15, 0.2) is 23.1 Å². The van der Waals surface area contributed by atoms with Crippen molar-refractivity contribution in [3.8, 4) is 5.75 Å². The van der Waals surface area contributed by atoms with Gasteiger partial charge in [0.25, 0.3) is 0 Å². The molecule has 0 fully saturated rings. The Kier molecular flexibility index (Phi) is 3.36. The number of rotatable bonds is 3. The van der Waals surface area contributed by atoms with Crippen molar-refractivity contribution in [2.45, 2.75) is 17.2 Å². The Morgan fingerprint density at radius 2 is 2.44 bits per heavy atom. The quantitative estimate of drug-likeness (QED) is 0.821. The third kappa shape index (κ3) is 2.15. The summed E-state index contributed by atoms with van der Waals surface area (Å²) in [5, 5.41) is 9.07. The maximum atomic E-state index is 11.0. The van der Waals surface area contributed by atoms with Gasteiger partial charge in [-0.1, -0.05) is 6.07 Å². The van der Waals surface area contributed by atoms with Crippen LogP contribution in [0.25, 0.3) is 0 Å². The predicted octanol–water partition coefficient (Wildman–Crippen LogP) is 2.29. The zero-order valence-corrected chi connectivity index (χ0v) is 9.62. The molecule has 1 unspecified atom stereocenters. The Bertz CT molecular complexity index is 405. The van der Waals surface area contributed by atoms with Crippen molar-refractivity contribution >= 4 is 18.0 Å². The highest BCUT2D eigenvalue weighted by atomic mass is 32.2. The van der Waals surface area contributed by atoms with Gasteiger partial charge in [-0.25, -0.2) is 0 Å². The molecule has 1 aromatic carbocycles. The van der Waals surface area contributed by atoms with Gasteiger partial charge < -0.3 is 14.0 Å². The van der Waals surface area contributed by atoms with E-state index in [9.17, 15) is 4.79 Å². The molecule has 1 aliphatic rings. The van der Waals surface area contributed by atoms with Gasteiger partial charge in [0.2, 0.25) is 0 Å². The number of carbonyl (C=O) groups is 1. The first-order chi connectivity index (χ1) is 7.72. The molecule has 0 saturated carbocycles. The summed E-state index contributed by atoms with van der Waals surface area (Å²) in [6.07, 6.45) is 0.527. The van der Waals surface area contributed by atoms with Crippen molar-refractivity contribution in [3.05, 3.63) is 23.8 Å². The summed E-state index contributed by atoms with van der Waals surface area (Å²) in [5.41, 5.74) is 0.749. The van der Waals surface area contributed by atoms with E-state index in [2.05, 4.69) is 0 Å². The molecule has 1 atom stereocenters. The van der Waals surface area contributed by atoms with Gasteiger partial charge in [0.15, 0.2) is 0 Å². The number of aliphatic carboxylic acids is 1. The van der Waals surface area contributed by atoms with Crippen LogP contribution in [-0.2, 0) is 8.98 Å². The normalized spacial score (nSPS) is 18.7. The van der Waals surface area contributed by atoms with Gasteiger partial charge in [0.05, 0.1) is 19.6 Å². The van der Waals surface area contributed by atoms with E-state index in [4.69, 9.17) is 14.0 Å². The lowest BCUT2D eigenvalue weighted by Crippen LogP contribution is -2.20. The van der Waals surface area contributed by atoms with Gasteiger partial charge in [0.1, 0.15) is 5.75 Å². The molecule has 0 saturated heterocycles. The van der Waals surface area contributed by atoms with Crippen LogP contribution >= 0.6 is 12.0 Å². The first-order valence-corrected chi connectivity index (χ1v) is 5.66. The Morgan fingerprint density at radius 1 is 1.62 bits per heavy atom. The molecule has 1 N–H and O–H groups in total. The fourth-order valence-corrected chi connectivity index (χ4v) is 2.25. The topological polar surface area (TPSA) is 55.8 Å². The van der Waals surface area contributed by atoms with Gasteiger partial charge in [-0.2, -0.15) is 0 Å². The average Bonchev–Trinajstić information content (AvgIpc) is 2.28. The molecule has 4 nitrogen and oxygen atoms in total. The molecule has 86 valence electrons. The minimum atomic E-state index is -0.795. The fourth-order valence-electron chi connectivity index (χ4n) is 1.77. The predicted molar refractivity (Wildman–Crippen MR) is 59.8 cm³/mol. The highest BCUT2D eigenvalue weighted by Gasteiger charge is 2.27. The van der Waals surface area contributed by atoms with Gasteiger partial charge in [-0.15, -0.1) is 0 Å². The van der Waals surface area contributed by atoms with Crippen molar-refractivity contribution in [1.82, 2.24) is 0 Å². The van der Waals surface area contributed by atoms with Crippen LogP contribution in [0.3, 0.4) is 0 Å². The van der Waals surface area contributed by atoms with Gasteiger partial charge in [0, 0.05) is 22.5 Å². The Morgan fingerprint density at radius 3 is 3.12 bits per heavy atom. The molecule has 1 aromatic rings. The summed E-state index contributed by atoms with van der Waals surface area (Å²) in [5.74, 6) is -0.595. The van der Waals surface area contributed by atoms with Crippen LogP contribution in [0.4, 0.5) is 0 Å². The largest absolute Gasteiger partial charge is 0.493 e. The molecule has 1 aliphatic heterocycles. The van der Waals surface area contributed by atoms with E-state index in [1.807, 2.05) is 12.1 Å². The van der Waals surface area contributed by atoms with Crippen LogP contribution in [0.1, 0.15) is 17.9 Å². The zero-order valence-electron chi connectivity index (χ0n) is 8.80. The number of ether oxygens (including phenoxy) is 1. The lowest BCUT2D eigenvalue weighted by molar-refractivity contribution is -0.139. The third-order valence-electron chi connectivity index (χ3n) is 2.50. The van der Waals surface area contributed by atoms with Crippen LogP contribution in [0.5, 0.6) is 5.75 Å². The molecular formula is C11H12O4S. The Hall–Kier alpha value is -1.20. The van der Waals surface area contributed by atoms with E-state index < -0.39 is 11.9 Å². The molecule has 2 rings (SSSR count). The van der Waals surface area contributed by atoms with Gasteiger partial charge in [-0.05, 0) is 18.6 Å². The second-order valence-electron chi connectivity index (χ2n) is 3.48. The van der Waals surface area contributed by atoms with Crippen LogP contribution in [0.2, 0.25) is 0 Å². The lowest BCUT2D eigenvalue weighted by Gasteiger charge is -2.23. The average molecular weight is 240 g/mol. The van der Waals surface area contributed by atoms with Crippen molar-refractivity contribution in [3.63, 3.8) is 0 Å². The highest BCUT2D eigenvalue weighted by molar-refractivity contribution is 7.94. The lowest BCUT2D eigenvalue weighted by atomic mass is 9.93. The standard InChI is InChI=1S/C11H12O4S/c1-14-16-7-2-3-8-9(11(12)13)4-5-15-10(8)6-7/h2-3,6,9H,4-5H2,1H3,(H,12,13). The monoisotopic (exact) mass is 240 g/mol. The van der Waals surface area contributed by atoms with E-state index >= 15 is 0 Å². The maximum Gasteiger partial charge on any atom is 0.311 e. The second kappa shape index (κ2) is 4.76. The molecule has 0 spiro atoms. The van der Waals surface area contributed by atoms with E-state index in [0.29, 0.717) is 18.8 Å². The number of hydrogen-bond donors (Lipinski definition) is 1. The molecule has 1 heterocycles. The second-order valence-corrected chi connectivity index (χ2v) is 4.45. The van der Waals surface area contributed by atoms with Crippen LogP contribution in [0, 0.1) is 0 Å². The number of carboxylic acids is 1. The molecule has 0 bridgehead atoms. The zero-order chi connectivity index (χ0) is 11.5. The summed E-state index contributed by atoms with van der Waals surface area (Å²) >= 11 is 1.23. The van der Waals surface area contributed by atoms with E-state index in [1.165, 1.54) is 12.0 Å². The fraction of sp³-hybridized carbons (Fsp3) is 0.364. The van der Waals surface area contributed by atoms with Crippen molar-refractivity contribution in [2.75, 3.05) is 13.7 Å². The first-order valence-electron chi connectivity index (χ1n) is 4.92. The summed E-state index contributed by atoms with van der Waals surface area (Å²) in [6, 6.07) is 5.46. The number of benzene rings is 1. The molecule has 0 aliphatic carbocycles. The van der Waals surface area contributed by atoms with Gasteiger partial charge >= 0.3 is 5.97 Å². The number of hydrogen-bond acceptors (Lipinski definition) is 4. The SMILES string of the molecule is COSc1ccc2c(c1)OCCC2C(=O)O. The Labute approximate surface area is 97.8 Å². The molecular weight excluding hydrogens is 228 g/mol. The minimum absolute atomic E-state index is 0.449. The van der Waals surface area contributed by atoms with Crippen molar-refractivity contribution in [2.24, 2.45) is 0 Å². The van der Waals surface area contributed by atoms with Crippen LogP contribution < -0.4 is 4.74 Å². The first kappa shape index (κ1) is 11.3. The highest BCUT2D eigenvalue weighted by Crippen LogP contribution is 2.36. The maximum absolute atomic E-state index is 11.0. The molecule has 16 heavy (non-hydrogen) atoms. The van der Waals surface area contributed by atoms with E-state index in [1.54, 1.807) is 13.2 Å². The molecule has 0 amide bonds. The summed E-state index contributed by atoms with van der Waals surface area (Å²) < 4.78 is 10.4. The third-order valence-corrected chi connectivity index (χ3v) is 3.12. The molecule has 5 heteroatoms. The van der Waals surface area contributed by atoms with Crippen LogP contribution in [-0.4, -0.2) is 24.8 Å². The summed E-state index contributed by atoms with van der Waals surface area (Å²) in [4.78, 5) is 12.0. The van der Waals surface area contributed by atoms with Gasteiger partial charge in [-0.3, -0.25) is 4.79 Å². The number of carboxylic acid groups (broad SMARTS) is 1. The molecule has 0 radical (unpaired) electrons. The van der Waals surface area contributed by atoms with E-state index in [0.717, 1.165) is 10.5 Å². The summed E-state index contributed by atoms with van der Waals surface area (Å²) in [7, 11) is 1.59.